The number of nitrogens with zero attached hydrogens (tertiary/aromatic N) is 3. The molecule has 0 unspecified atom stereocenters. The molecule has 2 aliphatic rings. The predicted molar refractivity (Wildman–Crippen MR) is 191 cm³/mol. The van der Waals surface area contributed by atoms with Crippen molar-refractivity contribution in [3.63, 3.8) is 0 Å². The summed E-state index contributed by atoms with van der Waals surface area (Å²) in [7, 11) is 6.81. The third-order valence-corrected chi connectivity index (χ3v) is 9.33. The number of piperidine rings is 1. The van der Waals surface area contributed by atoms with Crippen LogP contribution in [0.3, 0.4) is 0 Å². The number of carboxylic acid groups (broad SMARTS) is 1. The fourth-order valence-electron chi connectivity index (χ4n) is 6.51. The molecule has 0 aliphatic carbocycles. The summed E-state index contributed by atoms with van der Waals surface area (Å²) in [6.45, 7) is 10.7. The minimum absolute atomic E-state index is 0. The van der Waals surface area contributed by atoms with Crippen molar-refractivity contribution in [3.05, 3.63) is 94.8 Å². The Hall–Kier alpha value is -3.11. The Bertz CT molecular complexity index is 1610. The Labute approximate surface area is 322 Å². The maximum Gasteiger partial charge on any atom is 0.490 e. The Morgan fingerprint density at radius 1 is 0.904 bits per heavy atom. The molecule has 286 valence electrons. The molecule has 2 heterocycles. The fraction of sp³-hybridized carbons (Fsp3) is 0.487. The largest absolute Gasteiger partial charge is 1.00 e. The smallest absolute Gasteiger partial charge is 0.490 e. The Kier molecular flexibility index (Phi) is 16.5. The van der Waals surface area contributed by atoms with Crippen molar-refractivity contribution in [1.82, 2.24) is 20.4 Å². The molecule has 0 bridgehead atoms. The van der Waals surface area contributed by atoms with E-state index in [2.05, 4.69) is 66.7 Å². The molecule has 5 rings (SSSR count). The number of quaternary nitrogens is 1. The lowest BCUT2D eigenvalue weighted by molar-refractivity contribution is -0.871. The first-order valence-electron chi connectivity index (χ1n) is 17.6. The summed E-state index contributed by atoms with van der Waals surface area (Å²) >= 11 is 0. The summed E-state index contributed by atoms with van der Waals surface area (Å²) < 4.78 is 47.8. The van der Waals surface area contributed by atoms with Crippen LogP contribution in [0.4, 0.5) is 17.6 Å². The van der Waals surface area contributed by atoms with E-state index in [1.165, 1.54) is 43.0 Å². The van der Waals surface area contributed by atoms with E-state index in [1.807, 2.05) is 36.4 Å². The highest BCUT2D eigenvalue weighted by molar-refractivity contribution is 5.94. The van der Waals surface area contributed by atoms with E-state index < -0.39 is 12.1 Å². The highest BCUT2D eigenvalue weighted by Crippen LogP contribution is 2.26. The van der Waals surface area contributed by atoms with Gasteiger partial charge >= 0.3 is 12.1 Å². The van der Waals surface area contributed by atoms with Crippen molar-refractivity contribution >= 4 is 11.9 Å². The number of hydrogen-bond donors (Lipinski definition) is 3. The van der Waals surface area contributed by atoms with Gasteiger partial charge in [-0.1, -0.05) is 36.4 Å². The number of carboxylic acids is 1. The summed E-state index contributed by atoms with van der Waals surface area (Å²) in [5.41, 5.74) is 5.32. The summed E-state index contributed by atoms with van der Waals surface area (Å²) in [4.78, 5) is 27.0. The van der Waals surface area contributed by atoms with Gasteiger partial charge in [0.25, 0.3) is 5.91 Å². The zero-order valence-electron chi connectivity index (χ0n) is 30.5. The van der Waals surface area contributed by atoms with E-state index in [-0.39, 0.29) is 35.7 Å². The quantitative estimate of drug-likeness (QED) is 0.157. The third-order valence-electron chi connectivity index (χ3n) is 9.33. The SMILES string of the molecule is C[C@H]1CN(Cc2cccc(-c3cc(CNC(=O)c4cccc(CN5CCC(CC[N+](C)(C)C)CC5)c4)ccc3F)c2)CCN1.O=C(O)C(F)(F)F.[I-]. The second-order valence-electron chi connectivity index (χ2n) is 14.8. The van der Waals surface area contributed by atoms with E-state index >= 15 is 0 Å². The van der Waals surface area contributed by atoms with Crippen molar-refractivity contribution in [3.8, 4) is 11.1 Å². The molecule has 0 radical (unpaired) electrons. The molecule has 3 aromatic carbocycles. The average molecular weight is 842 g/mol. The van der Waals surface area contributed by atoms with Crippen molar-refractivity contribution in [2.75, 3.05) is 60.4 Å². The zero-order valence-corrected chi connectivity index (χ0v) is 32.6. The van der Waals surface area contributed by atoms with Gasteiger partial charge < -0.3 is 44.2 Å². The van der Waals surface area contributed by atoms with Crippen molar-refractivity contribution < 1.29 is 60.7 Å². The van der Waals surface area contributed by atoms with Crippen LogP contribution in [0.5, 0.6) is 0 Å². The number of halogens is 5. The minimum atomic E-state index is -5.08. The van der Waals surface area contributed by atoms with Crippen LogP contribution in [0.15, 0.2) is 66.7 Å². The third kappa shape index (κ3) is 14.4. The van der Waals surface area contributed by atoms with Crippen LogP contribution in [0.2, 0.25) is 0 Å². The van der Waals surface area contributed by atoms with Crippen molar-refractivity contribution in [1.29, 1.82) is 0 Å². The molecule has 0 spiro atoms. The molecule has 0 saturated carbocycles. The Morgan fingerprint density at radius 3 is 2.17 bits per heavy atom. The van der Waals surface area contributed by atoms with Gasteiger partial charge in [0, 0.05) is 56.4 Å². The predicted octanol–water partition coefficient (Wildman–Crippen LogP) is 3.16. The number of carbonyl (C=O) groups is 2. The van der Waals surface area contributed by atoms with Gasteiger partial charge in [0.15, 0.2) is 0 Å². The second-order valence-corrected chi connectivity index (χ2v) is 14.8. The molecule has 13 heteroatoms. The number of benzene rings is 3. The molecule has 3 N–H and O–H groups in total. The fourth-order valence-corrected chi connectivity index (χ4v) is 6.51. The first-order chi connectivity index (χ1) is 24.1. The summed E-state index contributed by atoms with van der Waals surface area (Å²) in [5.74, 6) is -2.30. The van der Waals surface area contributed by atoms with Gasteiger partial charge in [0.05, 0.1) is 27.7 Å². The number of aliphatic carboxylic acids is 1. The highest BCUT2D eigenvalue weighted by atomic mass is 127. The number of likely N-dealkylation sites (tertiary alicyclic amines) is 1. The normalized spacial score (nSPS) is 17.4. The van der Waals surface area contributed by atoms with Gasteiger partial charge in [-0.05, 0) is 97.8 Å². The number of alkyl halides is 3. The molecule has 2 saturated heterocycles. The van der Waals surface area contributed by atoms with Crippen LogP contribution < -0.4 is 34.6 Å². The van der Waals surface area contributed by atoms with Crippen LogP contribution >= 0.6 is 0 Å². The average Bonchev–Trinajstić information content (AvgIpc) is 3.07. The molecule has 2 aliphatic heterocycles. The first kappa shape index (κ1) is 43.3. The molecular weight excluding hydrogens is 789 g/mol. The molecule has 8 nitrogen and oxygen atoms in total. The summed E-state index contributed by atoms with van der Waals surface area (Å²) in [6, 6.07) is 21.7. The number of piperazine rings is 1. The van der Waals surface area contributed by atoms with Gasteiger partial charge in [-0.15, -0.1) is 0 Å². The van der Waals surface area contributed by atoms with Crippen LogP contribution in [-0.4, -0.2) is 104 Å². The maximum atomic E-state index is 15.0. The molecule has 0 aromatic heterocycles. The maximum absolute atomic E-state index is 15.0. The van der Waals surface area contributed by atoms with Gasteiger partial charge in [-0.2, -0.15) is 13.2 Å². The van der Waals surface area contributed by atoms with Gasteiger partial charge in [0.1, 0.15) is 5.82 Å². The van der Waals surface area contributed by atoms with E-state index in [9.17, 15) is 22.4 Å². The van der Waals surface area contributed by atoms with Crippen LogP contribution in [-0.2, 0) is 24.4 Å². The van der Waals surface area contributed by atoms with Gasteiger partial charge in [-0.3, -0.25) is 14.6 Å². The Balaban J connectivity index is 0.000000828. The van der Waals surface area contributed by atoms with Crippen LogP contribution in [0.1, 0.15) is 53.2 Å². The van der Waals surface area contributed by atoms with Crippen LogP contribution in [0.25, 0.3) is 11.1 Å². The lowest BCUT2D eigenvalue weighted by atomic mass is 9.93. The number of hydrogen-bond acceptors (Lipinski definition) is 5. The van der Waals surface area contributed by atoms with E-state index in [1.54, 1.807) is 6.07 Å². The highest BCUT2D eigenvalue weighted by Gasteiger charge is 2.38. The number of amides is 1. The number of carbonyl (C=O) groups excluding carboxylic acids is 1. The minimum Gasteiger partial charge on any atom is -1.00 e. The Morgan fingerprint density at radius 2 is 1.54 bits per heavy atom. The molecule has 1 atom stereocenters. The van der Waals surface area contributed by atoms with Crippen molar-refractivity contribution in [2.45, 2.75) is 58.0 Å². The van der Waals surface area contributed by atoms with Crippen molar-refractivity contribution in [2.24, 2.45) is 5.92 Å². The first-order valence-corrected chi connectivity index (χ1v) is 17.6. The standard InChI is InChI=1S/C37H50FN5O.C2HF3O2.HI/c1-28-25-42(19-16-39-28)27-31-7-5-9-33(21-31)35-23-30(11-12-36(35)38)24-40-37(44)34-10-6-8-32(22-34)26-41-17-13-29(14-18-41)15-20-43(2,3)4;3-2(4,5)1(6)7;/h5-12,21-23,28-29,39H,13-20,24-27H2,1-4H3;(H,6,7);1H/t28-;;/m0../s1. The summed E-state index contributed by atoms with van der Waals surface area (Å²) in [6.07, 6.45) is -1.29. The monoisotopic (exact) mass is 841 g/mol. The van der Waals surface area contributed by atoms with E-state index in [4.69, 9.17) is 9.90 Å². The molecule has 52 heavy (non-hydrogen) atoms. The number of nitrogens with one attached hydrogen (secondary N) is 2. The van der Waals surface area contributed by atoms with Gasteiger partial charge in [-0.25, -0.2) is 9.18 Å². The lowest BCUT2D eigenvalue weighted by Crippen LogP contribution is -3.00. The lowest BCUT2D eigenvalue weighted by Gasteiger charge is -2.33. The summed E-state index contributed by atoms with van der Waals surface area (Å²) in [5, 5.41) is 13.7. The molecule has 3 aromatic rings. The van der Waals surface area contributed by atoms with Gasteiger partial charge in [0.2, 0.25) is 0 Å². The van der Waals surface area contributed by atoms with E-state index in [0.717, 1.165) is 67.3 Å². The molecule has 2 fully saturated rings. The molecular formula is C39H52F4IN5O3. The number of rotatable bonds is 11. The topological polar surface area (TPSA) is 84.9 Å². The van der Waals surface area contributed by atoms with Crippen LogP contribution in [0, 0.1) is 11.7 Å². The zero-order chi connectivity index (χ0) is 37.2. The molecule has 1 amide bonds. The second kappa shape index (κ2) is 19.8. The van der Waals surface area contributed by atoms with E-state index in [0.29, 0.717) is 23.7 Å².